The summed E-state index contributed by atoms with van der Waals surface area (Å²) in [6.07, 6.45) is 2.19. The van der Waals surface area contributed by atoms with Gasteiger partial charge in [0.05, 0.1) is 25.9 Å². The van der Waals surface area contributed by atoms with E-state index in [-0.39, 0.29) is 12.1 Å². The molecule has 2 N–H and O–H groups in total. The first kappa shape index (κ1) is 17.4. The number of carbonyl (C=O) groups is 1. The molecule has 23 heavy (non-hydrogen) atoms. The first-order valence-electron chi connectivity index (χ1n) is 7.86. The van der Waals surface area contributed by atoms with Gasteiger partial charge >= 0.3 is 6.03 Å². The lowest BCUT2D eigenvalue weighted by Crippen LogP contribution is -2.48. The van der Waals surface area contributed by atoms with Crippen LogP contribution in [0.1, 0.15) is 32.3 Å². The summed E-state index contributed by atoms with van der Waals surface area (Å²) in [5, 5.41) is 5.85. The summed E-state index contributed by atoms with van der Waals surface area (Å²) >= 11 is 0. The van der Waals surface area contributed by atoms with Crippen LogP contribution >= 0.6 is 0 Å². The summed E-state index contributed by atoms with van der Waals surface area (Å²) in [5.74, 6) is 1.30. The number of rotatable bonds is 6. The molecule has 1 saturated heterocycles. The van der Waals surface area contributed by atoms with Crippen LogP contribution in [0.2, 0.25) is 0 Å². The number of hydrogen-bond donors (Lipinski definition) is 2. The molecule has 1 aromatic rings. The van der Waals surface area contributed by atoms with E-state index in [4.69, 9.17) is 14.2 Å². The molecule has 1 atom stereocenters. The minimum Gasteiger partial charge on any atom is -0.493 e. The van der Waals surface area contributed by atoms with Crippen LogP contribution in [0, 0.1) is 0 Å². The van der Waals surface area contributed by atoms with Gasteiger partial charge in [-0.3, -0.25) is 0 Å². The molecule has 0 aromatic heterocycles. The zero-order chi connectivity index (χ0) is 16.9. The fourth-order valence-corrected chi connectivity index (χ4v) is 2.64. The van der Waals surface area contributed by atoms with E-state index in [1.807, 2.05) is 32.0 Å². The van der Waals surface area contributed by atoms with Gasteiger partial charge in [0.1, 0.15) is 0 Å². The highest BCUT2D eigenvalue weighted by molar-refractivity contribution is 5.75. The predicted molar refractivity (Wildman–Crippen MR) is 88.1 cm³/mol. The summed E-state index contributed by atoms with van der Waals surface area (Å²) < 4.78 is 16.1. The molecule has 1 aromatic carbocycles. The molecule has 2 amide bonds. The summed E-state index contributed by atoms with van der Waals surface area (Å²) in [4.78, 5) is 12.1. The summed E-state index contributed by atoms with van der Waals surface area (Å²) in [6, 6.07) is 5.42. The van der Waals surface area contributed by atoms with E-state index in [2.05, 4.69) is 10.6 Å². The molecule has 2 rings (SSSR count). The van der Waals surface area contributed by atoms with Crippen LogP contribution in [-0.2, 0) is 10.3 Å². The SMILES string of the molecule is COc1ccc(C(C)(C)NC(=O)NCC2CCCO2)cc1OC. The molecule has 0 radical (unpaired) electrons. The first-order chi connectivity index (χ1) is 11.0. The largest absolute Gasteiger partial charge is 0.493 e. The fraction of sp³-hybridized carbons (Fsp3) is 0.588. The van der Waals surface area contributed by atoms with Crippen molar-refractivity contribution in [1.82, 2.24) is 10.6 Å². The average molecular weight is 322 g/mol. The topological polar surface area (TPSA) is 68.8 Å². The maximum atomic E-state index is 12.1. The molecule has 0 aliphatic carbocycles. The predicted octanol–water partition coefficient (Wildman–Crippen LogP) is 2.42. The van der Waals surface area contributed by atoms with Gasteiger partial charge in [-0.25, -0.2) is 4.79 Å². The van der Waals surface area contributed by atoms with Crippen LogP contribution in [0.3, 0.4) is 0 Å². The molecule has 1 heterocycles. The Labute approximate surface area is 137 Å². The van der Waals surface area contributed by atoms with Gasteiger partial charge in [-0.2, -0.15) is 0 Å². The van der Waals surface area contributed by atoms with Crippen molar-refractivity contribution >= 4 is 6.03 Å². The summed E-state index contributed by atoms with van der Waals surface area (Å²) in [6.45, 7) is 5.21. The zero-order valence-corrected chi connectivity index (χ0v) is 14.3. The van der Waals surface area contributed by atoms with Gasteiger partial charge in [0.25, 0.3) is 0 Å². The maximum Gasteiger partial charge on any atom is 0.315 e. The quantitative estimate of drug-likeness (QED) is 0.844. The molecular formula is C17H26N2O4. The number of ether oxygens (including phenoxy) is 3. The highest BCUT2D eigenvalue weighted by atomic mass is 16.5. The number of amides is 2. The Balaban J connectivity index is 1.98. The van der Waals surface area contributed by atoms with Gasteiger partial charge < -0.3 is 24.8 Å². The van der Waals surface area contributed by atoms with Crippen LogP contribution < -0.4 is 20.1 Å². The third-order valence-corrected chi connectivity index (χ3v) is 4.05. The minimum absolute atomic E-state index is 0.130. The Morgan fingerprint density at radius 1 is 1.30 bits per heavy atom. The van der Waals surface area contributed by atoms with Crippen molar-refractivity contribution < 1.29 is 19.0 Å². The average Bonchev–Trinajstić information content (AvgIpc) is 3.05. The molecule has 1 aliphatic heterocycles. The van der Waals surface area contributed by atoms with Crippen LogP contribution in [0.15, 0.2) is 18.2 Å². The fourth-order valence-electron chi connectivity index (χ4n) is 2.64. The number of methoxy groups -OCH3 is 2. The van der Waals surface area contributed by atoms with E-state index < -0.39 is 5.54 Å². The standard InChI is InChI=1S/C17H26N2O4/c1-17(2,12-7-8-14(21-3)15(10-12)22-4)19-16(20)18-11-13-6-5-9-23-13/h7-8,10,13H,5-6,9,11H2,1-4H3,(H2,18,19,20). The van der Waals surface area contributed by atoms with E-state index in [9.17, 15) is 4.79 Å². The van der Waals surface area contributed by atoms with Gasteiger partial charge in [0, 0.05) is 13.2 Å². The second-order valence-corrected chi connectivity index (χ2v) is 6.16. The Morgan fingerprint density at radius 2 is 2.04 bits per heavy atom. The second-order valence-electron chi connectivity index (χ2n) is 6.16. The molecule has 1 fully saturated rings. The van der Waals surface area contributed by atoms with Crippen molar-refractivity contribution in [3.8, 4) is 11.5 Å². The van der Waals surface area contributed by atoms with Crippen molar-refractivity contribution in [2.75, 3.05) is 27.4 Å². The smallest absolute Gasteiger partial charge is 0.315 e. The number of urea groups is 1. The summed E-state index contributed by atoms with van der Waals surface area (Å²) in [5.41, 5.74) is 0.391. The number of hydrogen-bond acceptors (Lipinski definition) is 4. The van der Waals surface area contributed by atoms with E-state index in [0.29, 0.717) is 18.0 Å². The molecule has 6 nitrogen and oxygen atoms in total. The van der Waals surface area contributed by atoms with Crippen molar-refractivity contribution in [2.24, 2.45) is 0 Å². The van der Waals surface area contributed by atoms with E-state index in [1.165, 1.54) is 0 Å². The lowest BCUT2D eigenvalue weighted by atomic mass is 9.94. The highest BCUT2D eigenvalue weighted by Crippen LogP contribution is 2.32. The van der Waals surface area contributed by atoms with Crippen LogP contribution in [0.5, 0.6) is 11.5 Å². The molecule has 0 spiro atoms. The third kappa shape index (κ3) is 4.51. The van der Waals surface area contributed by atoms with E-state index in [0.717, 1.165) is 25.0 Å². The number of nitrogens with one attached hydrogen (secondary N) is 2. The highest BCUT2D eigenvalue weighted by Gasteiger charge is 2.25. The van der Waals surface area contributed by atoms with E-state index in [1.54, 1.807) is 14.2 Å². The Morgan fingerprint density at radius 3 is 2.65 bits per heavy atom. The lowest BCUT2D eigenvalue weighted by molar-refractivity contribution is 0.111. The molecule has 0 bridgehead atoms. The number of benzene rings is 1. The van der Waals surface area contributed by atoms with Gasteiger partial charge in [0.2, 0.25) is 0 Å². The molecule has 0 saturated carbocycles. The molecule has 128 valence electrons. The Bertz CT molecular complexity index is 539. The monoisotopic (exact) mass is 322 g/mol. The Hall–Kier alpha value is -1.95. The lowest BCUT2D eigenvalue weighted by Gasteiger charge is -2.28. The van der Waals surface area contributed by atoms with Gasteiger partial charge in [-0.15, -0.1) is 0 Å². The van der Waals surface area contributed by atoms with Crippen LogP contribution in [-0.4, -0.2) is 39.5 Å². The Kier molecular flexibility index (Phi) is 5.71. The normalized spacial score (nSPS) is 17.7. The van der Waals surface area contributed by atoms with Crippen molar-refractivity contribution in [2.45, 2.75) is 38.3 Å². The van der Waals surface area contributed by atoms with Crippen molar-refractivity contribution in [1.29, 1.82) is 0 Å². The number of carbonyl (C=O) groups excluding carboxylic acids is 1. The second kappa shape index (κ2) is 7.55. The minimum atomic E-state index is -0.542. The van der Waals surface area contributed by atoms with Gasteiger partial charge in [-0.05, 0) is 44.4 Å². The van der Waals surface area contributed by atoms with Crippen LogP contribution in [0.25, 0.3) is 0 Å². The molecule has 1 unspecified atom stereocenters. The van der Waals surface area contributed by atoms with E-state index >= 15 is 0 Å². The van der Waals surface area contributed by atoms with Gasteiger partial charge in [-0.1, -0.05) is 6.07 Å². The van der Waals surface area contributed by atoms with Gasteiger partial charge in [0.15, 0.2) is 11.5 Å². The molecular weight excluding hydrogens is 296 g/mol. The third-order valence-electron chi connectivity index (χ3n) is 4.05. The summed E-state index contributed by atoms with van der Waals surface area (Å²) in [7, 11) is 3.19. The van der Waals surface area contributed by atoms with Crippen LogP contribution in [0.4, 0.5) is 4.79 Å². The first-order valence-corrected chi connectivity index (χ1v) is 7.86. The maximum absolute atomic E-state index is 12.1. The molecule has 6 heteroatoms. The van der Waals surface area contributed by atoms with Crippen molar-refractivity contribution in [3.05, 3.63) is 23.8 Å². The molecule has 1 aliphatic rings. The zero-order valence-electron chi connectivity index (χ0n) is 14.3. The van der Waals surface area contributed by atoms with Crippen molar-refractivity contribution in [3.63, 3.8) is 0 Å².